The number of ketones is 1. The van der Waals surface area contributed by atoms with Gasteiger partial charge >= 0.3 is 17.9 Å². The molecule has 1 unspecified atom stereocenters. The number of carbonyl (C=O) groups is 11. The summed E-state index contributed by atoms with van der Waals surface area (Å²) in [7, 11) is 0. The van der Waals surface area contributed by atoms with Crippen molar-refractivity contribution >= 4 is 65.0 Å². The maximum Gasteiger partial charge on any atom is 0.325 e. The Hall–Kier alpha value is -5.89. The normalized spacial score (nSPS) is 16.2. The van der Waals surface area contributed by atoms with E-state index in [4.69, 9.17) is 9.84 Å². The second-order valence-electron chi connectivity index (χ2n) is 14.3. The molecule has 0 aromatic rings. The van der Waals surface area contributed by atoms with Gasteiger partial charge in [-0.15, -0.1) is 0 Å². The first kappa shape index (κ1) is 50.1. The van der Waals surface area contributed by atoms with Crippen LogP contribution in [0.2, 0.25) is 0 Å². The Morgan fingerprint density at radius 2 is 1.31 bits per heavy atom. The minimum Gasteiger partial charge on any atom is -0.481 e. The van der Waals surface area contributed by atoms with Crippen LogP contribution in [0.5, 0.6) is 0 Å². The number of carbonyl (C=O) groups excluding carboxylic acids is 9. The zero-order valence-corrected chi connectivity index (χ0v) is 33.7. The first-order chi connectivity index (χ1) is 27.1. The van der Waals surface area contributed by atoms with E-state index in [0.717, 1.165) is 6.92 Å². The molecule has 0 aliphatic carbocycles. The highest BCUT2D eigenvalue weighted by molar-refractivity contribution is 6.38. The molecule has 0 aromatic heterocycles. The minimum atomic E-state index is -1.53. The van der Waals surface area contributed by atoms with E-state index < -0.39 is 139 Å². The molecule has 0 radical (unpaired) electrons. The summed E-state index contributed by atoms with van der Waals surface area (Å²) in [6, 6.07) is -7.78. The third-order valence-corrected chi connectivity index (χ3v) is 8.89. The molecule has 324 valence electrons. The highest BCUT2D eigenvalue weighted by Crippen LogP contribution is 2.20. The molecule has 0 saturated carbocycles. The number of hydrogen-bond donors (Lipinski definition) is 8. The van der Waals surface area contributed by atoms with Crippen LogP contribution in [0, 0.1) is 11.8 Å². The standard InChI is InChI=1S/C37H57N7O14/c1-8-10-25(31(51)36(56)38-18-28(50)58-17-9-2)44-16-15-24(37(44)57)41-34(54)29(19(3)4)43-35(55)30(20(5)6)42-33(53)23(12-14-27(48)49)40-32(52)22(39-21(7)45)11-13-26(46)47/h9,19-20,22-25,29-30H,2,8,10-18H2,1,3-7H3,(H,38,56)(H,39,45)(H,40,52)(H,41,54)(H,42,53)(H,43,55)(H,46,47)(H,48,49)/t22-,23-,24-,25?,29-,30-/m0/s1. The second kappa shape index (κ2) is 24.7. The summed E-state index contributed by atoms with van der Waals surface area (Å²) < 4.78 is 4.78. The average Bonchev–Trinajstić information content (AvgIpc) is 3.50. The van der Waals surface area contributed by atoms with Gasteiger partial charge in [0.15, 0.2) is 0 Å². The van der Waals surface area contributed by atoms with Crippen LogP contribution in [-0.2, 0) is 57.5 Å². The van der Waals surface area contributed by atoms with Crippen LogP contribution < -0.4 is 31.9 Å². The lowest BCUT2D eigenvalue weighted by atomic mass is 9.98. The number of nitrogens with zero attached hydrogens (tertiary/aromatic N) is 1. The number of carboxylic acid groups (broad SMARTS) is 2. The van der Waals surface area contributed by atoms with Gasteiger partial charge in [0.1, 0.15) is 49.4 Å². The van der Waals surface area contributed by atoms with Gasteiger partial charge in [0.2, 0.25) is 41.2 Å². The van der Waals surface area contributed by atoms with Crippen LogP contribution in [0.1, 0.15) is 86.5 Å². The highest BCUT2D eigenvalue weighted by Gasteiger charge is 2.42. The number of Topliss-reactive ketones (excluding diaryl/α,β-unsaturated/α-hetero) is 1. The number of esters is 1. The number of aliphatic carboxylic acids is 2. The molecule has 1 saturated heterocycles. The molecule has 58 heavy (non-hydrogen) atoms. The van der Waals surface area contributed by atoms with E-state index in [-0.39, 0.29) is 32.4 Å². The topological polar surface area (TPSA) is 313 Å². The summed E-state index contributed by atoms with van der Waals surface area (Å²) in [5.74, 6) is -11.4. The summed E-state index contributed by atoms with van der Waals surface area (Å²) in [5, 5.41) is 32.8. The average molecular weight is 824 g/mol. The van der Waals surface area contributed by atoms with Gasteiger partial charge in [0.05, 0.1) is 0 Å². The molecule has 7 amide bonds. The Bertz CT molecular complexity index is 1570. The number of likely N-dealkylation sites (tertiary alicyclic amines) is 1. The van der Waals surface area contributed by atoms with Crippen molar-refractivity contribution in [3.05, 3.63) is 12.7 Å². The van der Waals surface area contributed by atoms with E-state index in [9.17, 15) is 57.8 Å². The van der Waals surface area contributed by atoms with Crippen LogP contribution in [-0.4, -0.2) is 136 Å². The summed E-state index contributed by atoms with van der Waals surface area (Å²) >= 11 is 0. The number of carboxylic acids is 2. The molecular weight excluding hydrogens is 766 g/mol. The van der Waals surface area contributed by atoms with E-state index in [1.54, 1.807) is 34.6 Å². The van der Waals surface area contributed by atoms with Gasteiger partial charge in [-0.2, -0.15) is 0 Å². The van der Waals surface area contributed by atoms with E-state index in [2.05, 4.69) is 38.5 Å². The number of hydrogen-bond acceptors (Lipinski definition) is 12. The van der Waals surface area contributed by atoms with Gasteiger partial charge in [-0.05, 0) is 37.5 Å². The summed E-state index contributed by atoms with van der Waals surface area (Å²) in [5.41, 5.74) is 0. The van der Waals surface area contributed by atoms with Crippen molar-refractivity contribution in [1.82, 2.24) is 36.8 Å². The first-order valence-electron chi connectivity index (χ1n) is 19.0. The van der Waals surface area contributed by atoms with Crippen molar-refractivity contribution in [2.75, 3.05) is 19.7 Å². The molecule has 8 N–H and O–H groups in total. The Kier molecular flexibility index (Phi) is 21.3. The fraction of sp³-hybridized carbons (Fsp3) is 0.649. The van der Waals surface area contributed by atoms with E-state index >= 15 is 0 Å². The molecule has 0 spiro atoms. The largest absolute Gasteiger partial charge is 0.481 e. The molecule has 6 atom stereocenters. The summed E-state index contributed by atoms with van der Waals surface area (Å²) in [6.07, 6.45) is 0.0677. The SMILES string of the molecule is C=CCOC(=O)CNC(=O)C(=O)C(CCC)N1CC[C@H](NC(=O)[C@@H](NC(=O)[C@@H](NC(=O)[C@H](CCC(=O)O)NC(=O)[C@H](CCC(=O)O)NC(C)=O)C(C)C)C(C)C)C1=O. The lowest BCUT2D eigenvalue weighted by molar-refractivity contribution is -0.147. The van der Waals surface area contributed by atoms with Crippen molar-refractivity contribution in [2.24, 2.45) is 11.8 Å². The van der Waals surface area contributed by atoms with Gasteiger partial charge in [-0.1, -0.05) is 53.7 Å². The van der Waals surface area contributed by atoms with Gasteiger partial charge in [-0.25, -0.2) is 0 Å². The minimum absolute atomic E-state index is 0.0136. The molecule has 1 heterocycles. The monoisotopic (exact) mass is 823 g/mol. The van der Waals surface area contributed by atoms with Crippen molar-refractivity contribution in [1.29, 1.82) is 0 Å². The number of ether oxygens (including phenoxy) is 1. The predicted molar refractivity (Wildman–Crippen MR) is 203 cm³/mol. The Balaban J connectivity index is 3.12. The maximum atomic E-state index is 13.7. The molecule has 1 aliphatic rings. The van der Waals surface area contributed by atoms with Crippen LogP contribution in [0.4, 0.5) is 0 Å². The van der Waals surface area contributed by atoms with Crippen molar-refractivity contribution in [2.45, 2.75) is 123 Å². The Labute approximate surface area is 336 Å². The molecular formula is C37H57N7O14. The lowest BCUT2D eigenvalue weighted by Gasteiger charge is -2.29. The van der Waals surface area contributed by atoms with Crippen LogP contribution in [0.25, 0.3) is 0 Å². The molecule has 1 fully saturated rings. The van der Waals surface area contributed by atoms with Crippen molar-refractivity contribution in [3.63, 3.8) is 0 Å². The maximum absolute atomic E-state index is 13.7. The molecule has 21 heteroatoms. The van der Waals surface area contributed by atoms with Crippen LogP contribution >= 0.6 is 0 Å². The van der Waals surface area contributed by atoms with Crippen molar-refractivity contribution in [3.8, 4) is 0 Å². The zero-order valence-electron chi connectivity index (χ0n) is 33.7. The zero-order chi connectivity index (χ0) is 44.3. The molecule has 21 nitrogen and oxygen atoms in total. The Morgan fingerprint density at radius 3 is 1.81 bits per heavy atom. The molecule has 1 aliphatic heterocycles. The van der Waals surface area contributed by atoms with Crippen LogP contribution in [0.15, 0.2) is 12.7 Å². The van der Waals surface area contributed by atoms with Gasteiger partial charge < -0.3 is 51.8 Å². The highest BCUT2D eigenvalue weighted by atomic mass is 16.5. The van der Waals surface area contributed by atoms with E-state index in [0.29, 0.717) is 6.42 Å². The fourth-order valence-electron chi connectivity index (χ4n) is 5.86. The second-order valence-corrected chi connectivity index (χ2v) is 14.3. The smallest absolute Gasteiger partial charge is 0.325 e. The third-order valence-electron chi connectivity index (χ3n) is 8.89. The first-order valence-corrected chi connectivity index (χ1v) is 19.0. The number of nitrogens with one attached hydrogen (secondary N) is 6. The summed E-state index contributed by atoms with van der Waals surface area (Å²) in [4.78, 5) is 140. The fourth-order valence-corrected chi connectivity index (χ4v) is 5.86. The third kappa shape index (κ3) is 16.7. The van der Waals surface area contributed by atoms with E-state index in [1.807, 2.05) is 0 Å². The molecule has 1 rings (SSSR count). The van der Waals surface area contributed by atoms with Crippen molar-refractivity contribution < 1.29 is 67.7 Å². The number of rotatable bonds is 26. The van der Waals surface area contributed by atoms with E-state index in [1.165, 1.54) is 11.0 Å². The van der Waals surface area contributed by atoms with Gasteiger partial charge in [0.25, 0.3) is 5.91 Å². The quantitative estimate of drug-likeness (QED) is 0.0274. The number of amides is 7. The van der Waals surface area contributed by atoms with Crippen LogP contribution in [0.3, 0.4) is 0 Å². The van der Waals surface area contributed by atoms with Gasteiger partial charge in [0, 0.05) is 26.3 Å². The van der Waals surface area contributed by atoms with Gasteiger partial charge in [-0.3, -0.25) is 52.7 Å². The molecule has 0 aromatic carbocycles. The Morgan fingerprint density at radius 1 is 0.793 bits per heavy atom. The lowest BCUT2D eigenvalue weighted by Crippen LogP contribution is -2.60. The predicted octanol–water partition coefficient (Wildman–Crippen LogP) is -1.71. The summed E-state index contributed by atoms with van der Waals surface area (Å²) in [6.45, 7) is 12.0. The molecule has 0 bridgehead atoms.